The summed E-state index contributed by atoms with van der Waals surface area (Å²) in [6.07, 6.45) is -0.894. The quantitative estimate of drug-likeness (QED) is 0.220. The molecule has 0 aromatic heterocycles. The molecule has 2 aliphatic rings. The van der Waals surface area contributed by atoms with Crippen molar-refractivity contribution < 1.29 is 48.5 Å². The topological polar surface area (TPSA) is 189 Å². The van der Waals surface area contributed by atoms with Gasteiger partial charge < -0.3 is 30.3 Å². The molecular formula is C19H25N3O10S. The highest BCUT2D eigenvalue weighted by atomic mass is 32.2. The Labute approximate surface area is 192 Å². The highest BCUT2D eigenvalue weighted by Crippen LogP contribution is 2.40. The van der Waals surface area contributed by atoms with Crippen LogP contribution in [0.1, 0.15) is 33.1 Å². The number of hydrogen-bond acceptors (Lipinski definition) is 9. The molecule has 1 fully saturated rings. The van der Waals surface area contributed by atoms with E-state index in [1.54, 1.807) is 6.92 Å². The molecule has 182 valence electrons. The van der Waals surface area contributed by atoms with E-state index in [2.05, 4.69) is 15.4 Å². The van der Waals surface area contributed by atoms with Crippen molar-refractivity contribution in [2.75, 3.05) is 19.0 Å². The van der Waals surface area contributed by atoms with Gasteiger partial charge in [-0.25, -0.2) is 14.4 Å². The van der Waals surface area contributed by atoms with Crippen molar-refractivity contribution in [1.82, 2.24) is 15.5 Å². The molecule has 3 atom stereocenters. The summed E-state index contributed by atoms with van der Waals surface area (Å²) >= 11 is 1.23. The second-order valence-corrected chi connectivity index (χ2v) is 8.25. The van der Waals surface area contributed by atoms with Crippen molar-refractivity contribution in [1.29, 1.82) is 0 Å². The minimum Gasteiger partial charge on any atom is -0.480 e. The van der Waals surface area contributed by atoms with E-state index in [9.17, 15) is 33.9 Å². The molecule has 0 radical (unpaired) electrons. The van der Waals surface area contributed by atoms with Gasteiger partial charge >= 0.3 is 24.0 Å². The Morgan fingerprint density at radius 2 is 1.91 bits per heavy atom. The largest absolute Gasteiger partial charge is 0.480 e. The number of amides is 3. The predicted molar refractivity (Wildman–Crippen MR) is 112 cm³/mol. The number of β-lactam (4-membered cyclic amide) rings is 1. The molecule has 1 saturated heterocycles. The van der Waals surface area contributed by atoms with Gasteiger partial charge in [-0.3, -0.25) is 19.3 Å². The Kier molecular flexibility index (Phi) is 9.08. The number of nitrogens with zero attached hydrogens (tertiary/aromatic N) is 1. The number of aliphatic carboxylic acids is 2. The summed E-state index contributed by atoms with van der Waals surface area (Å²) in [5.41, 5.74) is 0.0238. The first-order valence-corrected chi connectivity index (χ1v) is 11.1. The molecule has 0 aromatic rings. The average molecular weight is 487 g/mol. The summed E-state index contributed by atoms with van der Waals surface area (Å²) < 4.78 is 9.50. The van der Waals surface area contributed by atoms with Crippen LogP contribution in [0.25, 0.3) is 0 Å². The molecule has 0 aromatic carbocycles. The van der Waals surface area contributed by atoms with Crippen LogP contribution < -0.4 is 10.6 Å². The molecule has 13 nitrogen and oxygen atoms in total. The lowest BCUT2D eigenvalue weighted by atomic mass is 10.0. The number of carboxylic acid groups (broad SMARTS) is 2. The van der Waals surface area contributed by atoms with Gasteiger partial charge in [0.15, 0.2) is 0 Å². The van der Waals surface area contributed by atoms with Crippen LogP contribution in [0, 0.1) is 0 Å². The number of alkyl carbamates (subject to hydrolysis) is 1. The number of carboxylic acids is 2. The van der Waals surface area contributed by atoms with Gasteiger partial charge in [0.2, 0.25) is 5.91 Å². The fourth-order valence-electron chi connectivity index (χ4n) is 3.27. The molecule has 33 heavy (non-hydrogen) atoms. The second-order valence-electron chi connectivity index (χ2n) is 7.14. The maximum Gasteiger partial charge on any atom is 0.407 e. The Bertz CT molecular complexity index is 874. The number of ether oxygens (including phenoxy) is 2. The number of hydrogen-bond donors (Lipinski definition) is 4. The maximum atomic E-state index is 12.5. The lowest BCUT2D eigenvalue weighted by molar-refractivity contribution is -0.151. The number of esters is 1. The van der Waals surface area contributed by atoms with E-state index in [0.717, 1.165) is 4.90 Å². The minimum atomic E-state index is -1.34. The van der Waals surface area contributed by atoms with Crippen LogP contribution >= 0.6 is 11.8 Å². The van der Waals surface area contributed by atoms with Gasteiger partial charge in [0.25, 0.3) is 5.91 Å². The van der Waals surface area contributed by atoms with E-state index in [1.807, 2.05) is 0 Å². The van der Waals surface area contributed by atoms with Crippen molar-refractivity contribution in [3.63, 3.8) is 0 Å². The number of nitrogens with one attached hydrogen (secondary N) is 2. The van der Waals surface area contributed by atoms with Crippen LogP contribution in [0.15, 0.2) is 11.3 Å². The van der Waals surface area contributed by atoms with E-state index in [0.29, 0.717) is 0 Å². The zero-order valence-corrected chi connectivity index (χ0v) is 18.8. The first-order valence-electron chi connectivity index (χ1n) is 10.1. The summed E-state index contributed by atoms with van der Waals surface area (Å²) in [6, 6.07) is -2.16. The van der Waals surface area contributed by atoms with Gasteiger partial charge in [0, 0.05) is 24.7 Å². The fraction of sp³-hybridized carbons (Fsp3) is 0.579. The normalized spacial score (nSPS) is 20.2. The summed E-state index contributed by atoms with van der Waals surface area (Å²) in [7, 11) is 0. The monoisotopic (exact) mass is 487 g/mol. The number of carbonyl (C=O) groups excluding carboxylic acids is 4. The zero-order valence-electron chi connectivity index (χ0n) is 18.0. The highest BCUT2D eigenvalue weighted by molar-refractivity contribution is 8.00. The number of carbonyl (C=O) groups is 6. The van der Waals surface area contributed by atoms with E-state index >= 15 is 0 Å². The lowest BCUT2D eigenvalue weighted by Crippen LogP contribution is -2.70. The number of rotatable bonds is 11. The molecule has 0 saturated carbocycles. The Morgan fingerprint density at radius 1 is 1.21 bits per heavy atom. The molecule has 1 unspecified atom stereocenters. The molecule has 2 aliphatic heterocycles. The highest BCUT2D eigenvalue weighted by Gasteiger charge is 2.54. The summed E-state index contributed by atoms with van der Waals surface area (Å²) in [6.45, 7) is 2.59. The molecule has 2 heterocycles. The van der Waals surface area contributed by atoms with Crippen LogP contribution in [0.4, 0.5) is 4.79 Å². The van der Waals surface area contributed by atoms with E-state index in [4.69, 9.17) is 9.84 Å². The van der Waals surface area contributed by atoms with Crippen molar-refractivity contribution in [3.05, 3.63) is 11.3 Å². The van der Waals surface area contributed by atoms with Crippen LogP contribution in [-0.4, -0.2) is 87.4 Å². The molecule has 0 aliphatic carbocycles. The first-order chi connectivity index (χ1) is 15.6. The van der Waals surface area contributed by atoms with Gasteiger partial charge in [-0.1, -0.05) is 0 Å². The SMILES string of the molecule is CCOC(=O)N[C@H](CCCC(=O)NC1C(=O)N2C(C(=O)O)=C(COC(C)=O)CS[C@H]12)C(=O)O. The minimum absolute atomic E-state index is 0.0319. The van der Waals surface area contributed by atoms with E-state index < -0.39 is 53.3 Å². The number of fused-ring (bicyclic) bond motifs is 1. The molecule has 0 bridgehead atoms. The molecule has 2 rings (SSSR count). The van der Waals surface area contributed by atoms with Gasteiger partial charge in [0.05, 0.1) is 6.61 Å². The Balaban J connectivity index is 1.90. The van der Waals surface area contributed by atoms with Crippen LogP contribution in [0.5, 0.6) is 0 Å². The molecule has 0 spiro atoms. The van der Waals surface area contributed by atoms with Crippen LogP contribution in [0.3, 0.4) is 0 Å². The molecule has 3 amide bonds. The smallest absolute Gasteiger partial charge is 0.407 e. The van der Waals surface area contributed by atoms with Crippen molar-refractivity contribution in [2.45, 2.75) is 50.6 Å². The third-order valence-corrected chi connectivity index (χ3v) is 6.12. The maximum absolute atomic E-state index is 12.5. The number of thioether (sulfide) groups is 1. The molecular weight excluding hydrogens is 462 g/mol. The summed E-state index contributed by atoms with van der Waals surface area (Å²) in [5.74, 6) is -4.11. The van der Waals surface area contributed by atoms with Crippen LogP contribution in [-0.2, 0) is 33.4 Å². The van der Waals surface area contributed by atoms with Crippen molar-refractivity contribution >= 4 is 47.6 Å². The fourth-order valence-corrected chi connectivity index (χ4v) is 4.60. The van der Waals surface area contributed by atoms with Crippen LogP contribution in [0.2, 0.25) is 0 Å². The standard InChI is InChI=1S/C19H25N3O10S/c1-3-31-19(30)20-11(17(26)27)5-4-6-12(24)21-13-15(25)22-14(18(28)29)10(7-32-9(2)23)8-33-16(13)22/h11,13,16H,3-8H2,1-2H3,(H,20,30)(H,21,24)(H,26,27)(H,28,29)/t11-,13?,16-/m1/s1. The van der Waals surface area contributed by atoms with Crippen molar-refractivity contribution in [3.8, 4) is 0 Å². The zero-order chi connectivity index (χ0) is 24.7. The summed E-state index contributed by atoms with van der Waals surface area (Å²) in [4.78, 5) is 71.2. The first kappa shape index (κ1) is 26.0. The third kappa shape index (κ3) is 6.60. The van der Waals surface area contributed by atoms with E-state index in [1.165, 1.54) is 18.7 Å². The summed E-state index contributed by atoms with van der Waals surface area (Å²) in [5, 5.41) is 22.8. The lowest BCUT2D eigenvalue weighted by Gasteiger charge is -2.49. The van der Waals surface area contributed by atoms with Crippen molar-refractivity contribution in [2.24, 2.45) is 0 Å². The Hall–Kier alpha value is -3.29. The van der Waals surface area contributed by atoms with Gasteiger partial charge in [-0.05, 0) is 19.8 Å². The molecule has 4 N–H and O–H groups in total. The third-order valence-electron chi connectivity index (χ3n) is 4.78. The molecule has 14 heteroatoms. The van der Waals surface area contributed by atoms with Gasteiger partial charge in [-0.2, -0.15) is 0 Å². The second kappa shape index (κ2) is 11.5. The van der Waals surface area contributed by atoms with E-state index in [-0.39, 0.29) is 49.5 Å². The predicted octanol–water partition coefficient (Wildman–Crippen LogP) is -0.342. The average Bonchev–Trinajstić information content (AvgIpc) is 2.74. The van der Waals surface area contributed by atoms with Gasteiger partial charge in [0.1, 0.15) is 29.8 Å². The Morgan fingerprint density at radius 3 is 2.48 bits per heavy atom. The van der Waals surface area contributed by atoms with Gasteiger partial charge in [-0.15, -0.1) is 11.8 Å².